The second-order valence-electron chi connectivity index (χ2n) is 4.30. The highest BCUT2D eigenvalue weighted by atomic mass is 16.5. The Morgan fingerprint density at radius 2 is 2.29 bits per heavy atom. The molecular formula is C11H17NO2. The Balaban J connectivity index is 2.31. The Morgan fingerprint density at radius 3 is 2.79 bits per heavy atom. The zero-order valence-corrected chi connectivity index (χ0v) is 8.93. The number of hydrogen-bond acceptors (Lipinski definition) is 2. The molecule has 0 spiro atoms. The smallest absolute Gasteiger partial charge is 0.229 e. The molecule has 3 nitrogen and oxygen atoms in total. The highest BCUT2D eigenvalue weighted by Crippen LogP contribution is 2.35. The van der Waals surface area contributed by atoms with E-state index >= 15 is 0 Å². The first kappa shape index (κ1) is 9.71. The first-order chi connectivity index (χ1) is 6.66. The van der Waals surface area contributed by atoms with E-state index in [1.54, 1.807) is 7.11 Å². The summed E-state index contributed by atoms with van der Waals surface area (Å²) in [4.78, 5) is 14.0. The number of fused-ring (bicyclic) bond motifs is 2. The van der Waals surface area contributed by atoms with Crippen molar-refractivity contribution >= 4 is 5.91 Å². The summed E-state index contributed by atoms with van der Waals surface area (Å²) in [5, 5.41) is 0. The Bertz CT molecular complexity index is 272. The Morgan fingerprint density at radius 1 is 1.57 bits per heavy atom. The monoisotopic (exact) mass is 195 g/mol. The number of nitrogens with zero attached hydrogens (tertiary/aromatic N) is 1. The molecule has 0 aromatic rings. The van der Waals surface area contributed by atoms with Crippen molar-refractivity contribution in [3.05, 3.63) is 12.2 Å². The number of carbonyl (C=O) groups is 1. The highest BCUT2D eigenvalue weighted by molar-refractivity contribution is 5.84. The van der Waals surface area contributed by atoms with Crippen molar-refractivity contribution in [3.63, 3.8) is 0 Å². The quantitative estimate of drug-likeness (QED) is 0.620. The molecule has 1 unspecified atom stereocenters. The van der Waals surface area contributed by atoms with Crippen LogP contribution in [0.4, 0.5) is 0 Å². The molecule has 1 saturated heterocycles. The summed E-state index contributed by atoms with van der Waals surface area (Å²) in [6.45, 7) is 4.11. The van der Waals surface area contributed by atoms with Gasteiger partial charge in [-0.3, -0.25) is 4.79 Å². The second-order valence-corrected chi connectivity index (χ2v) is 4.30. The third-order valence-corrected chi connectivity index (χ3v) is 3.18. The average Bonchev–Trinajstić information content (AvgIpc) is 2.29. The molecule has 1 heterocycles. The van der Waals surface area contributed by atoms with E-state index in [1.807, 2.05) is 4.90 Å². The van der Waals surface area contributed by atoms with Crippen LogP contribution >= 0.6 is 0 Å². The molecule has 1 aliphatic carbocycles. The molecule has 14 heavy (non-hydrogen) atoms. The zero-order chi connectivity index (χ0) is 10.3. The Hall–Kier alpha value is -0.830. The van der Waals surface area contributed by atoms with Crippen molar-refractivity contribution in [1.29, 1.82) is 0 Å². The van der Waals surface area contributed by atoms with E-state index < -0.39 is 0 Å². The van der Waals surface area contributed by atoms with Crippen molar-refractivity contribution in [3.8, 4) is 0 Å². The lowest BCUT2D eigenvalue weighted by Gasteiger charge is -2.29. The summed E-state index contributed by atoms with van der Waals surface area (Å²) in [6, 6.07) is 0.421. The first-order valence-electron chi connectivity index (χ1n) is 5.18. The number of carbonyl (C=O) groups excluding carboxylic acids is 1. The lowest BCUT2D eigenvalue weighted by molar-refractivity contribution is -0.133. The normalized spacial score (nSPS) is 35.9. The third kappa shape index (κ3) is 1.19. The minimum atomic E-state index is 0.0531. The van der Waals surface area contributed by atoms with Gasteiger partial charge in [-0.15, -0.1) is 0 Å². The first-order valence-corrected chi connectivity index (χ1v) is 5.18. The Kier molecular flexibility index (Phi) is 2.35. The largest absolute Gasteiger partial charge is 0.378 e. The fourth-order valence-corrected chi connectivity index (χ4v) is 2.58. The van der Waals surface area contributed by atoms with Crippen LogP contribution in [-0.4, -0.2) is 36.1 Å². The standard InChI is InChI=1S/C11H17NO2/c1-7(2)12-9-6-4-5-8(11(12)13)10(9)14-3/h4,6-10H,5H2,1-3H3/t8-,9+,10?/m0/s1. The fraction of sp³-hybridized carbons (Fsp3) is 0.727. The maximum Gasteiger partial charge on any atom is 0.229 e. The summed E-state index contributed by atoms with van der Waals surface area (Å²) in [5.74, 6) is 0.305. The average molecular weight is 195 g/mol. The fourth-order valence-electron chi connectivity index (χ4n) is 2.58. The van der Waals surface area contributed by atoms with E-state index in [9.17, 15) is 4.79 Å². The van der Waals surface area contributed by atoms with Crippen LogP contribution in [-0.2, 0) is 9.53 Å². The predicted molar refractivity (Wildman–Crippen MR) is 53.8 cm³/mol. The third-order valence-electron chi connectivity index (χ3n) is 3.18. The minimum absolute atomic E-state index is 0.0531. The number of rotatable bonds is 2. The summed E-state index contributed by atoms with van der Waals surface area (Å²) < 4.78 is 5.42. The van der Waals surface area contributed by atoms with Gasteiger partial charge in [0, 0.05) is 13.2 Å². The van der Waals surface area contributed by atoms with E-state index in [4.69, 9.17) is 4.74 Å². The molecule has 3 atom stereocenters. The SMILES string of the molecule is COC1[C@@H]2CC=C[C@H]1N(C(C)C)C2=O. The molecule has 1 fully saturated rings. The maximum absolute atomic E-state index is 12.0. The van der Waals surface area contributed by atoms with Gasteiger partial charge < -0.3 is 9.64 Å². The van der Waals surface area contributed by atoms with Crippen LogP contribution in [0.15, 0.2) is 12.2 Å². The Labute approximate surface area is 84.7 Å². The van der Waals surface area contributed by atoms with E-state index in [-0.39, 0.29) is 30.0 Å². The molecule has 1 amide bonds. The molecule has 0 N–H and O–H groups in total. The molecule has 0 aromatic carbocycles. The molecule has 3 heteroatoms. The molecule has 78 valence electrons. The van der Waals surface area contributed by atoms with Gasteiger partial charge in [0.05, 0.1) is 18.1 Å². The topological polar surface area (TPSA) is 29.5 Å². The van der Waals surface area contributed by atoms with Gasteiger partial charge in [-0.1, -0.05) is 12.2 Å². The maximum atomic E-state index is 12.0. The van der Waals surface area contributed by atoms with Gasteiger partial charge >= 0.3 is 0 Å². The summed E-state index contributed by atoms with van der Waals surface area (Å²) in [7, 11) is 1.70. The molecule has 2 aliphatic rings. The lowest BCUT2D eigenvalue weighted by atomic mass is 9.92. The van der Waals surface area contributed by atoms with Gasteiger partial charge in [-0.2, -0.15) is 0 Å². The van der Waals surface area contributed by atoms with Crippen molar-refractivity contribution in [1.82, 2.24) is 4.90 Å². The van der Waals surface area contributed by atoms with Crippen molar-refractivity contribution < 1.29 is 9.53 Å². The molecule has 2 rings (SSSR count). The van der Waals surface area contributed by atoms with E-state index in [1.165, 1.54) is 0 Å². The number of ether oxygens (including phenoxy) is 1. The molecule has 0 saturated carbocycles. The molecular weight excluding hydrogens is 178 g/mol. The van der Waals surface area contributed by atoms with Crippen LogP contribution < -0.4 is 0 Å². The van der Waals surface area contributed by atoms with E-state index in [0.29, 0.717) is 0 Å². The van der Waals surface area contributed by atoms with Crippen molar-refractivity contribution in [2.45, 2.75) is 38.5 Å². The summed E-state index contributed by atoms with van der Waals surface area (Å²) in [5.41, 5.74) is 0. The number of likely N-dealkylation sites (tertiary alicyclic amines) is 1. The van der Waals surface area contributed by atoms with Crippen LogP contribution in [0.25, 0.3) is 0 Å². The van der Waals surface area contributed by atoms with Crippen LogP contribution in [0, 0.1) is 5.92 Å². The molecule has 2 bridgehead atoms. The highest BCUT2D eigenvalue weighted by Gasteiger charge is 2.49. The lowest BCUT2D eigenvalue weighted by Crippen LogP contribution is -2.40. The van der Waals surface area contributed by atoms with Crippen LogP contribution in [0.1, 0.15) is 20.3 Å². The predicted octanol–water partition coefficient (Wildman–Crippen LogP) is 1.20. The van der Waals surface area contributed by atoms with Crippen molar-refractivity contribution in [2.75, 3.05) is 7.11 Å². The van der Waals surface area contributed by atoms with Gasteiger partial charge in [0.1, 0.15) is 0 Å². The zero-order valence-electron chi connectivity index (χ0n) is 8.93. The van der Waals surface area contributed by atoms with Crippen molar-refractivity contribution in [2.24, 2.45) is 5.92 Å². The molecule has 0 aromatic heterocycles. The van der Waals surface area contributed by atoms with Gasteiger partial charge in [0.25, 0.3) is 0 Å². The van der Waals surface area contributed by atoms with Crippen LogP contribution in [0.2, 0.25) is 0 Å². The summed E-state index contributed by atoms with van der Waals surface area (Å²) >= 11 is 0. The van der Waals surface area contributed by atoms with Crippen LogP contribution in [0.5, 0.6) is 0 Å². The second kappa shape index (κ2) is 3.39. The number of methoxy groups -OCH3 is 1. The van der Waals surface area contributed by atoms with Gasteiger partial charge in [0.2, 0.25) is 5.91 Å². The molecule has 1 aliphatic heterocycles. The minimum Gasteiger partial charge on any atom is -0.378 e. The number of amides is 1. The van der Waals surface area contributed by atoms with Gasteiger partial charge in [-0.05, 0) is 20.3 Å². The van der Waals surface area contributed by atoms with E-state index in [2.05, 4.69) is 26.0 Å². The van der Waals surface area contributed by atoms with Gasteiger partial charge in [-0.25, -0.2) is 0 Å². The molecule has 0 radical (unpaired) electrons. The summed E-state index contributed by atoms with van der Waals surface area (Å²) in [6.07, 6.45) is 5.10. The van der Waals surface area contributed by atoms with E-state index in [0.717, 1.165) is 6.42 Å². The van der Waals surface area contributed by atoms with Crippen LogP contribution in [0.3, 0.4) is 0 Å². The number of hydrogen-bond donors (Lipinski definition) is 0. The van der Waals surface area contributed by atoms with Gasteiger partial charge in [0.15, 0.2) is 0 Å². The number of allylic oxidation sites excluding steroid dienone is 1.